The number of nitrogens with zero attached hydrogens (tertiary/aromatic N) is 2. The maximum absolute atomic E-state index is 6.00. The van der Waals surface area contributed by atoms with Gasteiger partial charge in [-0.1, -0.05) is 49.6 Å². The number of rotatable bonds is 8. The summed E-state index contributed by atoms with van der Waals surface area (Å²) in [6.45, 7) is 5.10. The molecule has 2 N–H and O–H groups in total. The van der Waals surface area contributed by atoms with Gasteiger partial charge in [-0.05, 0) is 37.7 Å². The number of hydrogen-bond acceptors (Lipinski definition) is 3. The molecule has 1 aromatic carbocycles. The monoisotopic (exact) mass is 386 g/mol. The van der Waals surface area contributed by atoms with Crippen LogP contribution in [0.15, 0.2) is 35.3 Å². The first-order valence-electron chi connectivity index (χ1n) is 11.2. The van der Waals surface area contributed by atoms with E-state index in [0.29, 0.717) is 12.1 Å². The van der Waals surface area contributed by atoms with Crippen molar-refractivity contribution in [1.29, 1.82) is 0 Å². The van der Waals surface area contributed by atoms with Gasteiger partial charge in [0, 0.05) is 45.9 Å². The third-order valence-corrected chi connectivity index (χ3v) is 5.92. The number of benzene rings is 1. The number of piperidine rings is 1. The predicted octanol–water partition coefficient (Wildman–Crippen LogP) is 3.56. The van der Waals surface area contributed by atoms with Crippen LogP contribution in [-0.4, -0.2) is 56.3 Å². The Morgan fingerprint density at radius 1 is 1.07 bits per heavy atom. The van der Waals surface area contributed by atoms with Crippen molar-refractivity contribution in [2.45, 2.75) is 70.1 Å². The lowest BCUT2D eigenvalue weighted by Crippen LogP contribution is -2.48. The van der Waals surface area contributed by atoms with Crippen LogP contribution >= 0.6 is 0 Å². The first-order chi connectivity index (χ1) is 13.8. The SMILES string of the molecule is CN=C(NCCCOC1CCCCC1)NC1CCN(Cc2ccccc2)CC1. The number of nitrogens with one attached hydrogen (secondary N) is 2. The van der Waals surface area contributed by atoms with E-state index in [-0.39, 0.29) is 0 Å². The molecule has 5 heteroatoms. The van der Waals surface area contributed by atoms with E-state index in [0.717, 1.165) is 45.2 Å². The minimum atomic E-state index is 0.507. The van der Waals surface area contributed by atoms with Gasteiger partial charge in [0.2, 0.25) is 0 Å². The molecular formula is C23H38N4O. The summed E-state index contributed by atoms with van der Waals surface area (Å²) in [6.07, 6.45) is 10.4. The van der Waals surface area contributed by atoms with Gasteiger partial charge >= 0.3 is 0 Å². The molecule has 0 bridgehead atoms. The summed E-state index contributed by atoms with van der Waals surface area (Å²) in [7, 11) is 1.86. The molecule has 28 heavy (non-hydrogen) atoms. The van der Waals surface area contributed by atoms with E-state index < -0.39 is 0 Å². The summed E-state index contributed by atoms with van der Waals surface area (Å²) in [4.78, 5) is 6.94. The number of ether oxygens (including phenoxy) is 1. The maximum Gasteiger partial charge on any atom is 0.191 e. The Kier molecular flexibility index (Phi) is 9.11. The summed E-state index contributed by atoms with van der Waals surface area (Å²) in [5, 5.41) is 7.05. The van der Waals surface area contributed by atoms with E-state index in [1.54, 1.807) is 0 Å². The molecule has 0 radical (unpaired) electrons. The highest BCUT2D eigenvalue weighted by atomic mass is 16.5. The summed E-state index contributed by atoms with van der Waals surface area (Å²) < 4.78 is 6.00. The van der Waals surface area contributed by atoms with Crippen molar-refractivity contribution in [3.8, 4) is 0 Å². The summed E-state index contributed by atoms with van der Waals surface area (Å²) in [5.74, 6) is 0.930. The van der Waals surface area contributed by atoms with Crippen molar-refractivity contribution in [1.82, 2.24) is 15.5 Å². The Bertz CT molecular complexity index is 563. The zero-order valence-corrected chi connectivity index (χ0v) is 17.5. The third kappa shape index (κ3) is 7.44. The van der Waals surface area contributed by atoms with E-state index in [4.69, 9.17) is 4.74 Å². The highest BCUT2D eigenvalue weighted by Gasteiger charge is 2.20. The van der Waals surface area contributed by atoms with E-state index in [1.165, 1.54) is 50.5 Å². The lowest BCUT2D eigenvalue weighted by Gasteiger charge is -2.33. The van der Waals surface area contributed by atoms with Crippen molar-refractivity contribution < 1.29 is 4.74 Å². The molecule has 3 rings (SSSR count). The fraction of sp³-hybridized carbons (Fsp3) is 0.696. The Balaban J connectivity index is 1.26. The van der Waals surface area contributed by atoms with Gasteiger partial charge in [0.15, 0.2) is 5.96 Å². The van der Waals surface area contributed by atoms with Crippen LogP contribution in [0.4, 0.5) is 0 Å². The number of hydrogen-bond donors (Lipinski definition) is 2. The molecule has 5 nitrogen and oxygen atoms in total. The van der Waals surface area contributed by atoms with E-state index >= 15 is 0 Å². The molecule has 2 aliphatic rings. The summed E-state index contributed by atoms with van der Waals surface area (Å²) in [6, 6.07) is 11.3. The molecule has 1 aromatic rings. The lowest BCUT2D eigenvalue weighted by molar-refractivity contribution is 0.0277. The molecule has 1 aliphatic carbocycles. The molecule has 1 aliphatic heterocycles. The number of aliphatic imine (C=N–C) groups is 1. The number of guanidine groups is 1. The molecular weight excluding hydrogens is 348 g/mol. The molecule has 0 aromatic heterocycles. The van der Waals surface area contributed by atoms with Crippen LogP contribution in [-0.2, 0) is 11.3 Å². The minimum absolute atomic E-state index is 0.507. The van der Waals surface area contributed by atoms with Crippen LogP contribution in [0.2, 0.25) is 0 Å². The molecule has 1 saturated carbocycles. The quantitative estimate of drug-likeness (QED) is 0.407. The Morgan fingerprint density at radius 2 is 1.82 bits per heavy atom. The van der Waals surface area contributed by atoms with Gasteiger partial charge < -0.3 is 15.4 Å². The van der Waals surface area contributed by atoms with Gasteiger partial charge in [-0.15, -0.1) is 0 Å². The van der Waals surface area contributed by atoms with Crippen LogP contribution < -0.4 is 10.6 Å². The normalized spacial score (nSPS) is 20.2. The molecule has 156 valence electrons. The fourth-order valence-corrected chi connectivity index (χ4v) is 4.23. The first kappa shape index (κ1) is 21.1. The van der Waals surface area contributed by atoms with Crippen LogP contribution in [0.3, 0.4) is 0 Å². The Labute approximate surface area is 170 Å². The lowest BCUT2D eigenvalue weighted by atomic mass is 9.98. The maximum atomic E-state index is 6.00. The van der Waals surface area contributed by atoms with E-state index in [9.17, 15) is 0 Å². The minimum Gasteiger partial charge on any atom is -0.378 e. The van der Waals surface area contributed by atoms with Crippen LogP contribution in [0, 0.1) is 0 Å². The molecule has 2 fully saturated rings. The largest absolute Gasteiger partial charge is 0.378 e. The average molecular weight is 387 g/mol. The van der Waals surface area contributed by atoms with Gasteiger partial charge in [0.05, 0.1) is 6.10 Å². The van der Waals surface area contributed by atoms with Crippen LogP contribution in [0.5, 0.6) is 0 Å². The average Bonchev–Trinajstić information content (AvgIpc) is 2.75. The zero-order valence-electron chi connectivity index (χ0n) is 17.5. The van der Waals surface area contributed by atoms with Crippen molar-refractivity contribution in [2.75, 3.05) is 33.3 Å². The molecule has 0 spiro atoms. The smallest absolute Gasteiger partial charge is 0.191 e. The van der Waals surface area contributed by atoms with E-state index in [2.05, 4.69) is 50.9 Å². The first-order valence-corrected chi connectivity index (χ1v) is 11.2. The van der Waals surface area contributed by atoms with Crippen molar-refractivity contribution >= 4 is 5.96 Å². The highest BCUT2D eigenvalue weighted by Crippen LogP contribution is 2.20. The molecule has 0 amide bonds. The van der Waals surface area contributed by atoms with Crippen molar-refractivity contribution in [3.63, 3.8) is 0 Å². The van der Waals surface area contributed by atoms with Gasteiger partial charge in [0.25, 0.3) is 0 Å². The zero-order chi connectivity index (χ0) is 19.4. The van der Waals surface area contributed by atoms with Gasteiger partial charge in [0.1, 0.15) is 0 Å². The van der Waals surface area contributed by atoms with Crippen molar-refractivity contribution in [3.05, 3.63) is 35.9 Å². The second-order valence-electron chi connectivity index (χ2n) is 8.16. The third-order valence-electron chi connectivity index (χ3n) is 5.92. The van der Waals surface area contributed by atoms with Gasteiger partial charge in [-0.3, -0.25) is 9.89 Å². The topological polar surface area (TPSA) is 48.9 Å². The standard InChI is InChI=1S/C23H38N4O/c1-24-23(25-15-8-18-28-22-11-6-3-7-12-22)26-21-13-16-27(17-14-21)19-20-9-4-2-5-10-20/h2,4-5,9-10,21-22H,3,6-8,11-19H2,1H3,(H2,24,25,26). The molecule has 1 saturated heterocycles. The van der Waals surface area contributed by atoms with Crippen LogP contribution in [0.25, 0.3) is 0 Å². The van der Waals surface area contributed by atoms with Crippen molar-refractivity contribution in [2.24, 2.45) is 4.99 Å². The summed E-state index contributed by atoms with van der Waals surface area (Å²) in [5.41, 5.74) is 1.40. The second-order valence-corrected chi connectivity index (χ2v) is 8.16. The van der Waals surface area contributed by atoms with Gasteiger partial charge in [-0.25, -0.2) is 0 Å². The predicted molar refractivity (Wildman–Crippen MR) is 117 cm³/mol. The Hall–Kier alpha value is -1.59. The Morgan fingerprint density at radius 3 is 2.54 bits per heavy atom. The van der Waals surface area contributed by atoms with Crippen LogP contribution in [0.1, 0.15) is 56.9 Å². The molecule has 0 atom stereocenters. The highest BCUT2D eigenvalue weighted by molar-refractivity contribution is 5.79. The fourth-order valence-electron chi connectivity index (χ4n) is 4.23. The number of likely N-dealkylation sites (tertiary alicyclic amines) is 1. The second kappa shape index (κ2) is 12.1. The molecule has 1 heterocycles. The van der Waals surface area contributed by atoms with Gasteiger partial charge in [-0.2, -0.15) is 0 Å². The van der Waals surface area contributed by atoms with E-state index in [1.807, 2.05) is 7.05 Å². The molecule has 0 unspecified atom stereocenters. The summed E-state index contributed by atoms with van der Waals surface area (Å²) >= 11 is 0.